The van der Waals surface area contributed by atoms with E-state index >= 15 is 0 Å². The van der Waals surface area contributed by atoms with Gasteiger partial charge in [-0.15, -0.1) is 0 Å². The van der Waals surface area contributed by atoms with Crippen molar-refractivity contribution in [3.05, 3.63) is 35.9 Å². The molecular formula is C17H25NO3. The van der Waals surface area contributed by atoms with Crippen LogP contribution in [0, 0.1) is 5.92 Å². The van der Waals surface area contributed by atoms with Gasteiger partial charge in [-0.25, -0.2) is 0 Å². The van der Waals surface area contributed by atoms with E-state index in [0.29, 0.717) is 26.1 Å². The zero-order valence-electron chi connectivity index (χ0n) is 12.9. The molecule has 0 bridgehead atoms. The molecule has 1 aliphatic rings. The van der Waals surface area contributed by atoms with E-state index in [1.807, 2.05) is 44.2 Å². The molecule has 21 heavy (non-hydrogen) atoms. The molecule has 4 heteroatoms. The number of hydrogen-bond acceptors (Lipinski definition) is 3. The second kappa shape index (κ2) is 7.57. The molecule has 1 amide bonds. The second-order valence-electron chi connectivity index (χ2n) is 5.74. The van der Waals surface area contributed by atoms with Crippen molar-refractivity contribution in [2.75, 3.05) is 13.2 Å². The van der Waals surface area contributed by atoms with E-state index in [0.717, 1.165) is 12.0 Å². The maximum Gasteiger partial charge on any atom is 0.228 e. The first-order valence-electron chi connectivity index (χ1n) is 7.74. The number of carbonyl (C=O) groups is 1. The molecule has 1 heterocycles. The largest absolute Gasteiger partial charge is 0.391 e. The number of carbonyl (C=O) groups excluding carboxylic acids is 1. The summed E-state index contributed by atoms with van der Waals surface area (Å²) in [6.45, 7) is 5.45. The van der Waals surface area contributed by atoms with Crippen LogP contribution in [0.3, 0.4) is 0 Å². The Morgan fingerprint density at radius 3 is 2.71 bits per heavy atom. The van der Waals surface area contributed by atoms with Gasteiger partial charge in [-0.3, -0.25) is 4.79 Å². The van der Waals surface area contributed by atoms with Crippen LogP contribution in [0.2, 0.25) is 0 Å². The molecule has 2 rings (SSSR count). The van der Waals surface area contributed by atoms with Crippen molar-refractivity contribution >= 4 is 5.91 Å². The number of hydrogen-bond donors (Lipinski definition) is 1. The average molecular weight is 291 g/mol. The van der Waals surface area contributed by atoms with E-state index in [9.17, 15) is 9.90 Å². The van der Waals surface area contributed by atoms with Crippen LogP contribution >= 0.6 is 0 Å². The minimum absolute atomic E-state index is 0.0328. The van der Waals surface area contributed by atoms with Crippen LogP contribution in [0.4, 0.5) is 0 Å². The summed E-state index contributed by atoms with van der Waals surface area (Å²) in [7, 11) is 0. The topological polar surface area (TPSA) is 49.8 Å². The maximum atomic E-state index is 12.7. The van der Waals surface area contributed by atoms with Gasteiger partial charge in [0.05, 0.1) is 18.1 Å². The molecule has 1 aromatic carbocycles. The summed E-state index contributed by atoms with van der Waals surface area (Å²) in [5.74, 6) is 0.00845. The summed E-state index contributed by atoms with van der Waals surface area (Å²) >= 11 is 0. The molecule has 1 aromatic rings. The van der Waals surface area contributed by atoms with Gasteiger partial charge in [-0.2, -0.15) is 0 Å². The lowest BCUT2D eigenvalue weighted by atomic mass is 10.00. The third-order valence-corrected chi connectivity index (χ3v) is 4.12. The molecule has 0 aliphatic carbocycles. The summed E-state index contributed by atoms with van der Waals surface area (Å²) in [5, 5.41) is 9.94. The van der Waals surface area contributed by atoms with Crippen LogP contribution < -0.4 is 0 Å². The number of aliphatic hydroxyl groups excluding tert-OH is 1. The first kappa shape index (κ1) is 16.0. The third kappa shape index (κ3) is 4.29. The fourth-order valence-corrected chi connectivity index (χ4v) is 2.71. The minimum atomic E-state index is -0.477. The number of ether oxygens (including phenoxy) is 1. The Bertz CT molecular complexity index is 449. The Morgan fingerprint density at radius 2 is 2.14 bits per heavy atom. The summed E-state index contributed by atoms with van der Waals surface area (Å²) in [6.07, 6.45) is 0.910. The Kier molecular flexibility index (Phi) is 5.76. The number of rotatable bonds is 6. The second-order valence-corrected chi connectivity index (χ2v) is 5.74. The quantitative estimate of drug-likeness (QED) is 0.874. The molecule has 1 fully saturated rings. The fraction of sp³-hybridized carbons (Fsp3) is 0.588. The standard InChI is InChI=1S/C17H25NO3/c1-3-15(19)12-18(11-14-7-5-4-6-8-14)17(20)16-9-10-21-13(16)2/h4-8,13,15-16,19H,3,9-12H2,1-2H3. The zero-order valence-corrected chi connectivity index (χ0v) is 12.9. The van der Waals surface area contributed by atoms with E-state index in [4.69, 9.17) is 4.74 Å². The van der Waals surface area contributed by atoms with Gasteiger partial charge >= 0.3 is 0 Å². The maximum absolute atomic E-state index is 12.7. The van der Waals surface area contributed by atoms with Gasteiger partial charge in [0.2, 0.25) is 5.91 Å². The Labute approximate surface area is 126 Å². The monoisotopic (exact) mass is 291 g/mol. The first-order chi connectivity index (χ1) is 10.1. The van der Waals surface area contributed by atoms with Crippen LogP contribution in [0.5, 0.6) is 0 Å². The van der Waals surface area contributed by atoms with Crippen molar-refractivity contribution < 1.29 is 14.6 Å². The summed E-state index contributed by atoms with van der Waals surface area (Å²) in [5.41, 5.74) is 1.08. The SMILES string of the molecule is CCC(O)CN(Cc1ccccc1)C(=O)C1CCOC1C. The van der Waals surface area contributed by atoms with Crippen LogP contribution in [0.25, 0.3) is 0 Å². The molecule has 1 aliphatic heterocycles. The zero-order chi connectivity index (χ0) is 15.2. The third-order valence-electron chi connectivity index (χ3n) is 4.12. The smallest absolute Gasteiger partial charge is 0.228 e. The molecule has 0 saturated carbocycles. The van der Waals surface area contributed by atoms with Gasteiger partial charge in [0.1, 0.15) is 0 Å². The molecule has 1 saturated heterocycles. The van der Waals surface area contributed by atoms with E-state index in [2.05, 4.69) is 0 Å². The van der Waals surface area contributed by atoms with Crippen LogP contribution in [-0.4, -0.2) is 41.3 Å². The van der Waals surface area contributed by atoms with Gasteiger partial charge in [0.25, 0.3) is 0 Å². The van der Waals surface area contributed by atoms with Gasteiger partial charge in [-0.1, -0.05) is 37.3 Å². The van der Waals surface area contributed by atoms with Gasteiger partial charge < -0.3 is 14.7 Å². The summed E-state index contributed by atoms with van der Waals surface area (Å²) in [6, 6.07) is 9.91. The highest BCUT2D eigenvalue weighted by Crippen LogP contribution is 2.24. The minimum Gasteiger partial charge on any atom is -0.391 e. The molecule has 1 N–H and O–H groups in total. The van der Waals surface area contributed by atoms with Crippen LogP contribution in [-0.2, 0) is 16.1 Å². The normalized spacial score (nSPS) is 23.0. The molecule has 3 atom stereocenters. The van der Waals surface area contributed by atoms with Gasteiger partial charge in [0, 0.05) is 19.7 Å². The van der Waals surface area contributed by atoms with E-state index < -0.39 is 6.10 Å². The molecule has 116 valence electrons. The van der Waals surface area contributed by atoms with E-state index in [1.165, 1.54) is 0 Å². The molecule has 0 spiro atoms. The molecular weight excluding hydrogens is 266 g/mol. The van der Waals surface area contributed by atoms with E-state index in [-0.39, 0.29) is 17.9 Å². The highest BCUT2D eigenvalue weighted by molar-refractivity contribution is 5.79. The summed E-state index contributed by atoms with van der Waals surface area (Å²) < 4.78 is 5.51. The predicted octanol–water partition coefficient (Wildman–Crippen LogP) is 2.21. The lowest BCUT2D eigenvalue weighted by molar-refractivity contribution is -0.139. The van der Waals surface area contributed by atoms with Crippen molar-refractivity contribution in [3.63, 3.8) is 0 Å². The van der Waals surface area contributed by atoms with Crippen LogP contribution in [0.15, 0.2) is 30.3 Å². The van der Waals surface area contributed by atoms with Gasteiger partial charge in [0.15, 0.2) is 0 Å². The average Bonchev–Trinajstić information content (AvgIpc) is 2.93. The van der Waals surface area contributed by atoms with Crippen molar-refractivity contribution in [1.29, 1.82) is 0 Å². The lowest BCUT2D eigenvalue weighted by Crippen LogP contribution is -2.42. The highest BCUT2D eigenvalue weighted by Gasteiger charge is 2.34. The van der Waals surface area contributed by atoms with Crippen LogP contribution in [0.1, 0.15) is 32.3 Å². The van der Waals surface area contributed by atoms with Gasteiger partial charge in [-0.05, 0) is 25.3 Å². The number of amides is 1. The first-order valence-corrected chi connectivity index (χ1v) is 7.74. The summed E-state index contributed by atoms with van der Waals surface area (Å²) in [4.78, 5) is 14.5. The van der Waals surface area contributed by atoms with Crippen molar-refractivity contribution in [2.24, 2.45) is 5.92 Å². The highest BCUT2D eigenvalue weighted by atomic mass is 16.5. The Morgan fingerprint density at radius 1 is 1.43 bits per heavy atom. The Balaban J connectivity index is 2.09. The lowest BCUT2D eigenvalue weighted by Gasteiger charge is -2.28. The molecule has 0 aromatic heterocycles. The van der Waals surface area contributed by atoms with Crippen molar-refractivity contribution in [2.45, 2.75) is 45.4 Å². The predicted molar refractivity (Wildman–Crippen MR) is 81.7 cm³/mol. The van der Waals surface area contributed by atoms with Crippen molar-refractivity contribution in [1.82, 2.24) is 4.90 Å². The molecule has 0 radical (unpaired) electrons. The fourth-order valence-electron chi connectivity index (χ4n) is 2.71. The number of benzene rings is 1. The number of nitrogens with zero attached hydrogens (tertiary/aromatic N) is 1. The molecule has 3 unspecified atom stereocenters. The molecule has 4 nitrogen and oxygen atoms in total. The van der Waals surface area contributed by atoms with Crippen molar-refractivity contribution in [3.8, 4) is 0 Å². The number of aliphatic hydroxyl groups is 1. The van der Waals surface area contributed by atoms with E-state index in [1.54, 1.807) is 4.90 Å². The Hall–Kier alpha value is -1.39.